The molecule has 0 amide bonds. The molecule has 0 bridgehead atoms. The van der Waals surface area contributed by atoms with Gasteiger partial charge in [0.25, 0.3) is 0 Å². The van der Waals surface area contributed by atoms with Crippen LogP contribution in [0.4, 0.5) is 0 Å². The van der Waals surface area contributed by atoms with Crippen LogP contribution in [0.25, 0.3) is 0 Å². The van der Waals surface area contributed by atoms with Crippen molar-refractivity contribution in [3.05, 3.63) is 54.1 Å². The van der Waals surface area contributed by atoms with Crippen molar-refractivity contribution in [2.24, 2.45) is 5.73 Å². The Kier molecular flexibility index (Phi) is 3.98. The average Bonchev–Trinajstić information content (AvgIpc) is 2.87. The van der Waals surface area contributed by atoms with Crippen molar-refractivity contribution in [1.82, 2.24) is 9.55 Å². The molecule has 0 aliphatic heterocycles. The van der Waals surface area contributed by atoms with Gasteiger partial charge in [-0.3, -0.25) is 0 Å². The van der Waals surface area contributed by atoms with Gasteiger partial charge in [-0.25, -0.2) is 4.98 Å². The monoisotopic (exact) mass is 254 g/mol. The minimum absolute atomic E-state index is 0.419. The van der Waals surface area contributed by atoms with Crippen molar-refractivity contribution in [3.63, 3.8) is 0 Å². The van der Waals surface area contributed by atoms with Crippen LogP contribution in [0.5, 0.6) is 0 Å². The van der Waals surface area contributed by atoms with Crippen molar-refractivity contribution in [2.75, 3.05) is 0 Å². The zero-order chi connectivity index (χ0) is 13.7. The lowest BCUT2D eigenvalue weighted by Gasteiger charge is -2.23. The van der Waals surface area contributed by atoms with Gasteiger partial charge in [-0.1, -0.05) is 37.3 Å². The maximum absolute atomic E-state index is 9.45. The summed E-state index contributed by atoms with van der Waals surface area (Å²) >= 11 is 0. The summed E-state index contributed by atoms with van der Waals surface area (Å²) < 4.78 is 1.97. The van der Waals surface area contributed by atoms with Gasteiger partial charge in [0, 0.05) is 18.8 Å². The number of imidazole rings is 1. The maximum atomic E-state index is 9.45. The molecule has 0 fully saturated rings. The third kappa shape index (κ3) is 2.83. The molecule has 4 heteroatoms. The highest BCUT2D eigenvalue weighted by atomic mass is 15.1. The number of hydrogen-bond acceptors (Lipinski definition) is 3. The van der Waals surface area contributed by atoms with Crippen LogP contribution in [0, 0.1) is 11.3 Å². The standard InChI is InChI=1S/C15H18N4/c1-2-6-14-18-9-10-19(14)12-15(17,11-16)13-7-4-3-5-8-13/h3-5,7-10H,2,6,12,17H2,1H3. The molecule has 2 N–H and O–H groups in total. The number of benzene rings is 1. The highest BCUT2D eigenvalue weighted by Gasteiger charge is 2.28. The molecule has 0 radical (unpaired) electrons. The molecule has 0 saturated carbocycles. The van der Waals surface area contributed by atoms with E-state index in [4.69, 9.17) is 5.73 Å². The number of aromatic nitrogens is 2. The van der Waals surface area contributed by atoms with E-state index < -0.39 is 5.54 Å². The summed E-state index contributed by atoms with van der Waals surface area (Å²) in [4.78, 5) is 4.32. The van der Waals surface area contributed by atoms with Crippen LogP contribution in [0.3, 0.4) is 0 Å². The lowest BCUT2D eigenvalue weighted by molar-refractivity contribution is 0.460. The number of hydrogen-bond donors (Lipinski definition) is 1. The van der Waals surface area contributed by atoms with Gasteiger partial charge in [0.15, 0.2) is 0 Å². The molecule has 1 heterocycles. The molecule has 4 nitrogen and oxygen atoms in total. The van der Waals surface area contributed by atoms with Crippen LogP contribution in [-0.2, 0) is 18.5 Å². The largest absolute Gasteiger partial charge is 0.332 e. The van der Waals surface area contributed by atoms with Crippen LogP contribution in [0.2, 0.25) is 0 Å². The lowest BCUT2D eigenvalue weighted by Crippen LogP contribution is -2.39. The number of rotatable bonds is 5. The SMILES string of the molecule is CCCc1nccn1CC(N)(C#N)c1ccccc1. The predicted octanol–water partition coefficient (Wildman–Crippen LogP) is 2.21. The summed E-state index contributed by atoms with van der Waals surface area (Å²) in [5.74, 6) is 0.975. The Balaban J connectivity index is 2.29. The molecule has 0 aliphatic rings. The van der Waals surface area contributed by atoms with E-state index in [1.54, 1.807) is 6.20 Å². The van der Waals surface area contributed by atoms with E-state index in [1.807, 2.05) is 41.1 Å². The van der Waals surface area contributed by atoms with E-state index >= 15 is 0 Å². The van der Waals surface area contributed by atoms with E-state index in [-0.39, 0.29) is 0 Å². The number of nitrogens with zero attached hydrogens (tertiary/aromatic N) is 3. The molecule has 1 atom stereocenters. The number of nitrogens with two attached hydrogens (primary N) is 1. The van der Waals surface area contributed by atoms with Crippen LogP contribution < -0.4 is 5.73 Å². The highest BCUT2D eigenvalue weighted by molar-refractivity contribution is 5.30. The molecule has 2 aromatic rings. The Morgan fingerprint density at radius 1 is 1.37 bits per heavy atom. The van der Waals surface area contributed by atoms with Crippen molar-refractivity contribution >= 4 is 0 Å². The van der Waals surface area contributed by atoms with Crippen LogP contribution >= 0.6 is 0 Å². The Morgan fingerprint density at radius 2 is 2.11 bits per heavy atom. The molecule has 0 saturated heterocycles. The number of nitriles is 1. The lowest BCUT2D eigenvalue weighted by atomic mass is 9.92. The summed E-state index contributed by atoms with van der Waals surface area (Å²) in [6, 6.07) is 11.7. The predicted molar refractivity (Wildman–Crippen MR) is 74.1 cm³/mol. The quantitative estimate of drug-likeness (QED) is 0.889. The summed E-state index contributed by atoms with van der Waals surface area (Å²) in [6.45, 7) is 2.53. The highest BCUT2D eigenvalue weighted by Crippen LogP contribution is 2.20. The van der Waals surface area contributed by atoms with Gasteiger partial charge >= 0.3 is 0 Å². The first-order chi connectivity index (χ1) is 9.19. The number of aryl methyl sites for hydroxylation is 1. The summed E-state index contributed by atoms with van der Waals surface area (Å²) in [5, 5.41) is 9.45. The van der Waals surface area contributed by atoms with E-state index in [2.05, 4.69) is 18.0 Å². The Morgan fingerprint density at radius 3 is 2.74 bits per heavy atom. The van der Waals surface area contributed by atoms with Gasteiger partial charge in [0.1, 0.15) is 11.4 Å². The smallest absolute Gasteiger partial charge is 0.147 e. The maximum Gasteiger partial charge on any atom is 0.147 e. The van der Waals surface area contributed by atoms with E-state index in [0.29, 0.717) is 6.54 Å². The molecule has 1 aromatic heterocycles. The molecule has 1 unspecified atom stereocenters. The van der Waals surface area contributed by atoms with Gasteiger partial charge in [0.2, 0.25) is 0 Å². The minimum Gasteiger partial charge on any atom is -0.332 e. The third-order valence-electron chi connectivity index (χ3n) is 3.18. The fourth-order valence-corrected chi connectivity index (χ4v) is 2.13. The van der Waals surface area contributed by atoms with Crippen LogP contribution in [0.1, 0.15) is 24.7 Å². The van der Waals surface area contributed by atoms with Gasteiger partial charge in [0.05, 0.1) is 12.6 Å². The van der Waals surface area contributed by atoms with Gasteiger partial charge in [-0.15, -0.1) is 0 Å². The molecule has 0 aliphatic carbocycles. The Bertz CT molecular complexity index is 567. The topological polar surface area (TPSA) is 67.6 Å². The third-order valence-corrected chi connectivity index (χ3v) is 3.18. The minimum atomic E-state index is -1.02. The molecule has 19 heavy (non-hydrogen) atoms. The van der Waals surface area contributed by atoms with Gasteiger partial charge in [-0.2, -0.15) is 5.26 Å². The van der Waals surface area contributed by atoms with Crippen molar-refractivity contribution in [2.45, 2.75) is 31.8 Å². The molecule has 2 rings (SSSR count). The average molecular weight is 254 g/mol. The Labute approximate surface area is 113 Å². The molecular formula is C15H18N4. The summed E-state index contributed by atoms with van der Waals surface area (Å²) in [7, 11) is 0. The molecule has 1 aromatic carbocycles. The first-order valence-corrected chi connectivity index (χ1v) is 6.45. The zero-order valence-electron chi connectivity index (χ0n) is 11.1. The van der Waals surface area contributed by atoms with Gasteiger partial charge in [-0.05, 0) is 12.0 Å². The first kappa shape index (κ1) is 13.3. The van der Waals surface area contributed by atoms with Crippen molar-refractivity contribution < 1.29 is 0 Å². The second-order valence-corrected chi connectivity index (χ2v) is 4.67. The van der Waals surface area contributed by atoms with Crippen molar-refractivity contribution in [3.8, 4) is 6.07 Å². The first-order valence-electron chi connectivity index (χ1n) is 6.45. The van der Waals surface area contributed by atoms with E-state index in [0.717, 1.165) is 24.2 Å². The summed E-state index contributed by atoms with van der Waals surface area (Å²) in [6.07, 6.45) is 5.55. The Hall–Kier alpha value is -2.12. The van der Waals surface area contributed by atoms with Crippen molar-refractivity contribution in [1.29, 1.82) is 5.26 Å². The normalized spacial score (nSPS) is 13.7. The van der Waals surface area contributed by atoms with E-state index in [1.165, 1.54) is 0 Å². The second kappa shape index (κ2) is 5.68. The zero-order valence-corrected chi connectivity index (χ0v) is 11.1. The summed E-state index contributed by atoms with van der Waals surface area (Å²) in [5.41, 5.74) is 6.07. The fraction of sp³-hybridized carbons (Fsp3) is 0.333. The van der Waals surface area contributed by atoms with E-state index in [9.17, 15) is 5.26 Å². The van der Waals surface area contributed by atoms with Gasteiger partial charge < -0.3 is 10.3 Å². The molecular weight excluding hydrogens is 236 g/mol. The molecule has 98 valence electrons. The van der Waals surface area contributed by atoms with Crippen LogP contribution in [-0.4, -0.2) is 9.55 Å². The molecule has 0 spiro atoms. The second-order valence-electron chi connectivity index (χ2n) is 4.67. The van der Waals surface area contributed by atoms with Crippen LogP contribution in [0.15, 0.2) is 42.7 Å². The fourth-order valence-electron chi connectivity index (χ4n) is 2.13.